The number of carboxylic acid groups (broad SMARTS) is 1. The number of aromatic nitrogens is 2. The monoisotopic (exact) mass is 322 g/mol. The van der Waals surface area contributed by atoms with E-state index in [0.29, 0.717) is 10.0 Å². The van der Waals surface area contributed by atoms with Crippen molar-refractivity contribution in [3.8, 4) is 6.07 Å². The minimum atomic E-state index is -1.11. The van der Waals surface area contributed by atoms with Crippen LogP contribution in [0.1, 0.15) is 20.9 Å². The van der Waals surface area contributed by atoms with Crippen molar-refractivity contribution in [2.24, 2.45) is 0 Å². The number of aromatic carboxylic acids is 1. The van der Waals surface area contributed by atoms with Crippen LogP contribution < -0.4 is 0 Å². The molecule has 0 saturated heterocycles. The third-order valence-corrected chi connectivity index (χ3v) is 4.55. The number of carboxylic acids is 1. The first-order valence-electron chi connectivity index (χ1n) is 5.36. The molecule has 0 aliphatic carbocycles. The second-order valence-electron chi connectivity index (χ2n) is 3.68. The van der Waals surface area contributed by atoms with Crippen LogP contribution in [-0.4, -0.2) is 26.0 Å². The Morgan fingerprint density at radius 3 is 2.86 bits per heavy atom. The molecule has 10 heteroatoms. The molecule has 1 N–H and O–H groups in total. The van der Waals surface area contributed by atoms with Gasteiger partial charge >= 0.3 is 11.7 Å². The van der Waals surface area contributed by atoms with Gasteiger partial charge < -0.3 is 5.11 Å². The summed E-state index contributed by atoms with van der Waals surface area (Å²) < 4.78 is 0.315. The summed E-state index contributed by atoms with van der Waals surface area (Å²) in [6.45, 7) is 1.54. The van der Waals surface area contributed by atoms with Gasteiger partial charge in [-0.1, -0.05) is 11.3 Å². The van der Waals surface area contributed by atoms with Crippen molar-refractivity contribution in [1.29, 1.82) is 5.26 Å². The van der Waals surface area contributed by atoms with E-state index in [4.69, 9.17) is 10.4 Å². The summed E-state index contributed by atoms with van der Waals surface area (Å²) in [6.07, 6.45) is 1.28. The number of aryl methyl sites for hydroxylation is 1. The molecular formula is C11H6N4O4S2. The minimum Gasteiger partial charge on any atom is -0.477 e. The topological polar surface area (TPSA) is 130 Å². The molecule has 2 aromatic rings. The highest BCUT2D eigenvalue weighted by atomic mass is 32.2. The molecule has 106 valence electrons. The molecule has 2 aromatic heterocycles. The van der Waals surface area contributed by atoms with Gasteiger partial charge in [0.25, 0.3) is 0 Å². The normalized spacial score (nSPS) is 10.1. The van der Waals surface area contributed by atoms with Crippen molar-refractivity contribution in [2.45, 2.75) is 16.3 Å². The van der Waals surface area contributed by atoms with Gasteiger partial charge in [0, 0.05) is 6.20 Å². The fraction of sp³-hybridized carbons (Fsp3) is 0.0909. The number of hydrogen-bond donors (Lipinski definition) is 1. The molecule has 0 aliphatic rings. The second-order valence-corrected chi connectivity index (χ2v) is 5.92. The highest BCUT2D eigenvalue weighted by molar-refractivity contribution is 8.01. The van der Waals surface area contributed by atoms with Gasteiger partial charge in [-0.3, -0.25) is 10.1 Å². The summed E-state index contributed by atoms with van der Waals surface area (Å²) in [5.41, 5.74) is -0.187. The molecule has 0 aromatic carbocycles. The number of pyridine rings is 1. The molecule has 0 amide bonds. The van der Waals surface area contributed by atoms with E-state index in [1.807, 2.05) is 0 Å². The molecule has 0 atom stereocenters. The molecule has 0 saturated carbocycles. The Balaban J connectivity index is 2.45. The van der Waals surface area contributed by atoms with Gasteiger partial charge in [-0.05, 0) is 24.8 Å². The number of rotatable bonds is 4. The predicted molar refractivity (Wildman–Crippen MR) is 73.5 cm³/mol. The number of carbonyl (C=O) groups is 1. The van der Waals surface area contributed by atoms with Crippen molar-refractivity contribution in [3.63, 3.8) is 0 Å². The van der Waals surface area contributed by atoms with E-state index in [9.17, 15) is 14.9 Å². The zero-order valence-corrected chi connectivity index (χ0v) is 12.1. The highest BCUT2D eigenvalue weighted by Crippen LogP contribution is 2.37. The predicted octanol–water partition coefficient (Wildman–Crippen LogP) is 2.48. The number of hydrogen-bond acceptors (Lipinski definition) is 8. The Hall–Kier alpha value is -2.51. The van der Waals surface area contributed by atoms with E-state index < -0.39 is 16.6 Å². The molecule has 0 radical (unpaired) electrons. The van der Waals surface area contributed by atoms with Crippen LogP contribution in [0.5, 0.6) is 0 Å². The van der Waals surface area contributed by atoms with Crippen LogP contribution >= 0.6 is 23.1 Å². The average molecular weight is 322 g/mol. The Kier molecular flexibility index (Phi) is 4.15. The summed E-state index contributed by atoms with van der Waals surface area (Å²) in [7, 11) is 0. The molecule has 21 heavy (non-hydrogen) atoms. The highest BCUT2D eigenvalue weighted by Gasteiger charge is 2.24. The van der Waals surface area contributed by atoms with E-state index in [1.54, 1.807) is 6.07 Å². The lowest BCUT2D eigenvalue weighted by molar-refractivity contribution is -0.388. The molecule has 0 unspecified atom stereocenters. The molecule has 8 nitrogen and oxygen atoms in total. The first kappa shape index (κ1) is 14.9. The molecule has 0 aliphatic heterocycles. The zero-order valence-electron chi connectivity index (χ0n) is 10.4. The van der Waals surface area contributed by atoms with Crippen LogP contribution in [0, 0.1) is 28.4 Å². The molecule has 2 rings (SSSR count). The fourth-order valence-electron chi connectivity index (χ4n) is 1.47. The molecule has 0 fully saturated rings. The lowest BCUT2D eigenvalue weighted by Gasteiger charge is -2.00. The third kappa shape index (κ3) is 2.99. The van der Waals surface area contributed by atoms with E-state index in [2.05, 4.69) is 9.97 Å². The summed E-state index contributed by atoms with van der Waals surface area (Å²) in [5, 5.41) is 28.9. The van der Waals surface area contributed by atoms with Crippen LogP contribution in [0.2, 0.25) is 0 Å². The van der Waals surface area contributed by atoms with Gasteiger partial charge in [-0.25, -0.2) is 14.8 Å². The van der Waals surface area contributed by atoms with Crippen LogP contribution in [0.3, 0.4) is 0 Å². The second kappa shape index (κ2) is 5.86. The largest absolute Gasteiger partial charge is 0.477 e. The molecular weight excluding hydrogens is 316 g/mol. The summed E-state index contributed by atoms with van der Waals surface area (Å²) in [4.78, 5) is 29.3. The smallest absolute Gasteiger partial charge is 0.347 e. The van der Waals surface area contributed by atoms with E-state index in [0.717, 1.165) is 23.1 Å². The minimum absolute atomic E-state index is 0.00439. The number of thiazole rings is 1. The van der Waals surface area contributed by atoms with Crippen molar-refractivity contribution in [2.75, 3.05) is 0 Å². The Morgan fingerprint density at radius 1 is 1.62 bits per heavy atom. The zero-order chi connectivity index (χ0) is 15.6. The first-order valence-corrected chi connectivity index (χ1v) is 6.99. The maximum absolute atomic E-state index is 11.1. The van der Waals surface area contributed by atoms with E-state index >= 15 is 0 Å². The molecule has 2 heterocycles. The molecule has 0 bridgehead atoms. The first-order chi connectivity index (χ1) is 9.93. The fourth-order valence-corrected chi connectivity index (χ4v) is 3.51. The lowest BCUT2D eigenvalue weighted by atomic mass is 10.2. The maximum Gasteiger partial charge on any atom is 0.347 e. The number of nitrogens with zero attached hydrogens (tertiary/aromatic N) is 4. The lowest BCUT2D eigenvalue weighted by Crippen LogP contribution is -1.96. The average Bonchev–Trinajstić information content (AvgIpc) is 2.79. The van der Waals surface area contributed by atoms with Gasteiger partial charge in [0.15, 0.2) is 9.37 Å². The van der Waals surface area contributed by atoms with Gasteiger partial charge in [-0.15, -0.1) is 0 Å². The van der Waals surface area contributed by atoms with Crippen molar-refractivity contribution < 1.29 is 14.8 Å². The van der Waals surface area contributed by atoms with Crippen LogP contribution in [-0.2, 0) is 0 Å². The van der Waals surface area contributed by atoms with Gasteiger partial charge in [-0.2, -0.15) is 5.26 Å². The van der Waals surface area contributed by atoms with Crippen LogP contribution in [0.4, 0.5) is 5.69 Å². The van der Waals surface area contributed by atoms with Crippen molar-refractivity contribution in [1.82, 2.24) is 9.97 Å². The Labute approximate surface area is 126 Å². The number of nitriles is 1. The van der Waals surface area contributed by atoms with Crippen LogP contribution in [0.15, 0.2) is 21.6 Å². The maximum atomic E-state index is 11.1. The summed E-state index contributed by atoms with van der Waals surface area (Å²) >= 11 is 1.77. The SMILES string of the molecule is Cc1nc(Sc2nccc(C#N)c2[N+](=O)[O-])sc1C(=O)O. The third-order valence-electron chi connectivity index (χ3n) is 2.35. The molecule has 0 spiro atoms. The van der Waals surface area contributed by atoms with Crippen molar-refractivity contribution >= 4 is 34.8 Å². The van der Waals surface area contributed by atoms with E-state index in [-0.39, 0.29) is 15.5 Å². The van der Waals surface area contributed by atoms with E-state index in [1.165, 1.54) is 19.2 Å². The quantitative estimate of drug-likeness (QED) is 0.671. The van der Waals surface area contributed by atoms with Gasteiger partial charge in [0.2, 0.25) is 0 Å². The summed E-state index contributed by atoms with van der Waals surface area (Å²) in [6, 6.07) is 2.98. The van der Waals surface area contributed by atoms with Gasteiger partial charge in [0.05, 0.1) is 10.6 Å². The number of nitro groups is 1. The Bertz CT molecular complexity index is 781. The summed E-state index contributed by atoms with van der Waals surface area (Å²) in [5.74, 6) is -1.11. The van der Waals surface area contributed by atoms with Crippen molar-refractivity contribution in [3.05, 3.63) is 38.5 Å². The van der Waals surface area contributed by atoms with Crippen LogP contribution in [0.25, 0.3) is 0 Å². The Morgan fingerprint density at radius 2 is 2.33 bits per heavy atom. The van der Waals surface area contributed by atoms with Gasteiger partial charge in [0.1, 0.15) is 16.5 Å². The standard InChI is InChI=1S/C11H6N4O4S2/c1-5-8(10(16)17)20-11(14-5)21-9-7(15(18)19)6(4-12)2-3-13-9/h2-3H,1H3,(H,16,17).